The number of benzene rings is 1. The molecule has 3 rings (SSSR count). The Balaban J connectivity index is 1.68. The Morgan fingerprint density at radius 2 is 2.29 bits per heavy atom. The molecule has 7 heteroatoms. The van der Waals surface area contributed by atoms with Gasteiger partial charge in [0.1, 0.15) is 12.0 Å². The second-order valence-corrected chi connectivity index (χ2v) is 4.73. The summed E-state index contributed by atoms with van der Waals surface area (Å²) in [4.78, 5) is 23.8. The van der Waals surface area contributed by atoms with Crippen molar-refractivity contribution in [1.82, 2.24) is 5.16 Å². The zero-order valence-electron chi connectivity index (χ0n) is 11.3. The molecule has 2 aromatic rings. The number of hydrogen-bond donors (Lipinski definition) is 2. The van der Waals surface area contributed by atoms with Crippen molar-refractivity contribution in [2.75, 3.05) is 10.6 Å². The van der Waals surface area contributed by atoms with Gasteiger partial charge in [0, 0.05) is 6.07 Å². The predicted molar refractivity (Wildman–Crippen MR) is 74.0 cm³/mol. The average molecular weight is 287 g/mol. The highest BCUT2D eigenvalue weighted by Crippen LogP contribution is 2.31. The van der Waals surface area contributed by atoms with Gasteiger partial charge in [-0.2, -0.15) is 0 Å². The van der Waals surface area contributed by atoms with Crippen LogP contribution in [0, 0.1) is 6.92 Å². The van der Waals surface area contributed by atoms with E-state index in [1.165, 1.54) is 12.3 Å². The van der Waals surface area contributed by atoms with Gasteiger partial charge in [0.05, 0.1) is 12.1 Å². The monoisotopic (exact) mass is 287 g/mol. The van der Waals surface area contributed by atoms with Crippen molar-refractivity contribution in [3.05, 3.63) is 36.1 Å². The van der Waals surface area contributed by atoms with Crippen molar-refractivity contribution in [3.63, 3.8) is 0 Å². The molecular formula is C14H13N3O4. The van der Waals surface area contributed by atoms with Gasteiger partial charge in [-0.3, -0.25) is 9.59 Å². The molecular weight excluding hydrogens is 274 g/mol. The Kier molecular flexibility index (Phi) is 3.31. The lowest BCUT2D eigenvalue weighted by Gasteiger charge is -2.25. The summed E-state index contributed by atoms with van der Waals surface area (Å²) in [5.41, 5.74) is 1.63. The highest BCUT2D eigenvalue weighted by atomic mass is 16.5. The number of amides is 2. The number of anilines is 2. The quantitative estimate of drug-likeness (QED) is 0.896. The molecule has 21 heavy (non-hydrogen) atoms. The zero-order valence-corrected chi connectivity index (χ0v) is 11.3. The fourth-order valence-electron chi connectivity index (χ4n) is 2.04. The minimum absolute atomic E-state index is 0.105. The van der Waals surface area contributed by atoms with E-state index in [4.69, 9.17) is 4.74 Å². The SMILES string of the molecule is Cc1ccc2c(c1)NC(=O)C(CC(=O)Nc1ccon1)O2. The summed E-state index contributed by atoms with van der Waals surface area (Å²) in [6.45, 7) is 1.92. The van der Waals surface area contributed by atoms with E-state index in [0.717, 1.165) is 5.56 Å². The molecule has 7 nitrogen and oxygen atoms in total. The van der Waals surface area contributed by atoms with E-state index in [0.29, 0.717) is 17.3 Å². The van der Waals surface area contributed by atoms with Crippen LogP contribution in [0.15, 0.2) is 35.1 Å². The van der Waals surface area contributed by atoms with Gasteiger partial charge in [0.2, 0.25) is 5.91 Å². The smallest absolute Gasteiger partial charge is 0.266 e. The number of rotatable bonds is 3. The Bertz CT molecular complexity index is 682. The second kappa shape index (κ2) is 5.28. The second-order valence-electron chi connectivity index (χ2n) is 4.73. The van der Waals surface area contributed by atoms with Crippen molar-refractivity contribution < 1.29 is 18.8 Å². The summed E-state index contributed by atoms with van der Waals surface area (Å²) < 4.78 is 10.2. The molecule has 1 aliphatic heterocycles. The van der Waals surface area contributed by atoms with E-state index in [-0.39, 0.29) is 18.2 Å². The van der Waals surface area contributed by atoms with Crippen LogP contribution in [0.25, 0.3) is 0 Å². The van der Waals surface area contributed by atoms with E-state index < -0.39 is 6.10 Å². The van der Waals surface area contributed by atoms with Gasteiger partial charge in [-0.05, 0) is 24.6 Å². The van der Waals surface area contributed by atoms with Gasteiger partial charge in [-0.25, -0.2) is 0 Å². The van der Waals surface area contributed by atoms with Crippen molar-refractivity contribution in [2.45, 2.75) is 19.4 Å². The number of ether oxygens (including phenoxy) is 1. The van der Waals surface area contributed by atoms with Crippen LogP contribution in [0.2, 0.25) is 0 Å². The Morgan fingerprint density at radius 1 is 1.43 bits per heavy atom. The first-order valence-electron chi connectivity index (χ1n) is 6.40. The minimum atomic E-state index is -0.868. The van der Waals surface area contributed by atoms with Crippen molar-refractivity contribution >= 4 is 23.3 Å². The first-order chi connectivity index (χ1) is 10.1. The van der Waals surface area contributed by atoms with Crippen LogP contribution in [0.4, 0.5) is 11.5 Å². The van der Waals surface area contributed by atoms with E-state index in [2.05, 4.69) is 20.3 Å². The number of nitrogens with one attached hydrogen (secondary N) is 2. The maximum absolute atomic E-state index is 12.0. The summed E-state index contributed by atoms with van der Waals surface area (Å²) in [5.74, 6) is 0.134. The molecule has 1 aromatic heterocycles. The molecule has 108 valence electrons. The third kappa shape index (κ3) is 2.86. The van der Waals surface area contributed by atoms with E-state index >= 15 is 0 Å². The molecule has 2 N–H and O–H groups in total. The number of carbonyl (C=O) groups excluding carboxylic acids is 2. The number of nitrogens with zero attached hydrogens (tertiary/aromatic N) is 1. The van der Waals surface area contributed by atoms with E-state index in [9.17, 15) is 9.59 Å². The number of fused-ring (bicyclic) bond motifs is 1. The molecule has 0 bridgehead atoms. The fraction of sp³-hybridized carbons (Fsp3) is 0.214. The summed E-state index contributed by atoms with van der Waals surface area (Å²) in [5, 5.41) is 8.82. The van der Waals surface area contributed by atoms with Crippen molar-refractivity contribution in [1.29, 1.82) is 0 Å². The van der Waals surface area contributed by atoms with Gasteiger partial charge in [-0.1, -0.05) is 11.2 Å². The summed E-state index contributed by atoms with van der Waals surface area (Å²) in [6, 6.07) is 6.98. The average Bonchev–Trinajstić information content (AvgIpc) is 2.92. The van der Waals surface area contributed by atoms with Crippen LogP contribution in [0.3, 0.4) is 0 Å². The summed E-state index contributed by atoms with van der Waals surface area (Å²) >= 11 is 0. The van der Waals surface area contributed by atoms with Gasteiger partial charge in [0.25, 0.3) is 5.91 Å². The molecule has 1 unspecified atom stereocenters. The summed E-state index contributed by atoms with van der Waals surface area (Å²) in [7, 11) is 0. The van der Waals surface area contributed by atoms with Crippen LogP contribution < -0.4 is 15.4 Å². The molecule has 0 spiro atoms. The molecule has 2 heterocycles. The van der Waals surface area contributed by atoms with Crippen LogP contribution in [-0.4, -0.2) is 23.1 Å². The van der Waals surface area contributed by atoms with Crippen LogP contribution in [-0.2, 0) is 9.59 Å². The lowest BCUT2D eigenvalue weighted by Crippen LogP contribution is -2.39. The van der Waals surface area contributed by atoms with Crippen molar-refractivity contribution in [2.24, 2.45) is 0 Å². The van der Waals surface area contributed by atoms with Crippen molar-refractivity contribution in [3.8, 4) is 5.75 Å². The highest BCUT2D eigenvalue weighted by Gasteiger charge is 2.29. The highest BCUT2D eigenvalue weighted by molar-refractivity contribution is 6.01. The number of aryl methyl sites for hydroxylation is 1. The topological polar surface area (TPSA) is 93.5 Å². The molecule has 0 saturated heterocycles. The maximum Gasteiger partial charge on any atom is 0.266 e. The minimum Gasteiger partial charge on any atom is -0.478 e. The van der Waals surface area contributed by atoms with Crippen LogP contribution in [0.1, 0.15) is 12.0 Å². The third-order valence-corrected chi connectivity index (χ3v) is 3.03. The van der Waals surface area contributed by atoms with Gasteiger partial charge < -0.3 is 19.9 Å². The number of hydrogen-bond acceptors (Lipinski definition) is 5. The fourth-order valence-corrected chi connectivity index (χ4v) is 2.04. The Hall–Kier alpha value is -2.83. The van der Waals surface area contributed by atoms with Gasteiger partial charge in [-0.15, -0.1) is 0 Å². The maximum atomic E-state index is 12.0. The molecule has 0 fully saturated rings. The first kappa shape index (κ1) is 13.2. The third-order valence-electron chi connectivity index (χ3n) is 3.03. The van der Waals surface area contributed by atoms with Crippen LogP contribution in [0.5, 0.6) is 5.75 Å². The van der Waals surface area contributed by atoms with E-state index in [1.807, 2.05) is 19.1 Å². The van der Waals surface area contributed by atoms with E-state index in [1.54, 1.807) is 6.07 Å². The molecule has 2 amide bonds. The number of aromatic nitrogens is 1. The molecule has 1 aromatic carbocycles. The lowest BCUT2D eigenvalue weighted by molar-refractivity contribution is -0.128. The van der Waals surface area contributed by atoms with Gasteiger partial charge in [0.15, 0.2) is 11.9 Å². The van der Waals surface area contributed by atoms with Crippen LogP contribution >= 0.6 is 0 Å². The largest absolute Gasteiger partial charge is 0.478 e. The standard InChI is InChI=1S/C14H13N3O4/c1-8-2-3-10-9(6-8)15-14(19)11(21-10)7-13(18)16-12-4-5-20-17-12/h2-6,11H,7H2,1H3,(H,15,19)(H,16,17,18). The molecule has 0 saturated carbocycles. The first-order valence-corrected chi connectivity index (χ1v) is 6.40. The molecule has 1 atom stereocenters. The predicted octanol–water partition coefficient (Wildman–Crippen LogP) is 1.71. The number of carbonyl (C=O) groups is 2. The Labute approximate surface area is 120 Å². The Morgan fingerprint density at radius 3 is 3.05 bits per heavy atom. The lowest BCUT2D eigenvalue weighted by atomic mass is 10.1. The normalized spacial score (nSPS) is 16.6. The summed E-state index contributed by atoms with van der Waals surface area (Å²) in [6.07, 6.45) is 0.372. The molecule has 1 aliphatic rings. The molecule has 0 aliphatic carbocycles. The molecule has 0 radical (unpaired) electrons. The zero-order chi connectivity index (χ0) is 14.8. The van der Waals surface area contributed by atoms with Gasteiger partial charge >= 0.3 is 0 Å².